The standard InChI is InChI=1S/C15H16N2O4S2/c1-11-5-7-12(8-6-11)23(19,20)17-16-13(10-15(18)21-2)14-4-3-9-22-14/h3-9,17H,10H2,1-2H3/b16-13-. The van der Waals surface area contributed by atoms with Crippen molar-refractivity contribution in [1.82, 2.24) is 4.83 Å². The van der Waals surface area contributed by atoms with Crippen LogP contribution in [-0.4, -0.2) is 27.2 Å². The van der Waals surface area contributed by atoms with Crippen LogP contribution >= 0.6 is 11.3 Å². The maximum absolute atomic E-state index is 12.2. The van der Waals surface area contributed by atoms with Crippen LogP contribution < -0.4 is 4.83 Å². The molecule has 8 heteroatoms. The Balaban J connectivity index is 2.25. The molecule has 0 amide bonds. The number of hydrogen-bond acceptors (Lipinski definition) is 6. The first kappa shape index (κ1) is 17.2. The maximum Gasteiger partial charge on any atom is 0.311 e. The number of esters is 1. The lowest BCUT2D eigenvalue weighted by atomic mass is 10.2. The number of rotatable bonds is 6. The number of carbonyl (C=O) groups is 1. The predicted molar refractivity (Wildman–Crippen MR) is 89.0 cm³/mol. The van der Waals surface area contributed by atoms with E-state index in [1.54, 1.807) is 24.3 Å². The number of nitrogens with zero attached hydrogens (tertiary/aromatic N) is 1. The number of benzene rings is 1. The largest absolute Gasteiger partial charge is 0.469 e. The van der Waals surface area contributed by atoms with Crippen molar-refractivity contribution in [3.05, 3.63) is 52.2 Å². The number of nitrogens with one attached hydrogen (secondary N) is 1. The second-order valence-electron chi connectivity index (χ2n) is 4.70. The summed E-state index contributed by atoms with van der Waals surface area (Å²) in [4.78, 5) is 14.4. The van der Waals surface area contributed by atoms with Gasteiger partial charge in [0.1, 0.15) is 0 Å². The minimum absolute atomic E-state index is 0.107. The molecule has 1 N–H and O–H groups in total. The molecule has 0 radical (unpaired) electrons. The highest BCUT2D eigenvalue weighted by Gasteiger charge is 2.16. The van der Waals surface area contributed by atoms with E-state index in [2.05, 4.69) is 14.7 Å². The number of thiophene rings is 1. The highest BCUT2D eigenvalue weighted by molar-refractivity contribution is 7.89. The fourth-order valence-electron chi connectivity index (χ4n) is 1.72. The summed E-state index contributed by atoms with van der Waals surface area (Å²) < 4.78 is 29.1. The zero-order valence-corrected chi connectivity index (χ0v) is 14.3. The normalized spacial score (nSPS) is 12.0. The van der Waals surface area contributed by atoms with Crippen molar-refractivity contribution >= 4 is 33.0 Å². The monoisotopic (exact) mass is 352 g/mol. The van der Waals surface area contributed by atoms with Gasteiger partial charge >= 0.3 is 5.97 Å². The van der Waals surface area contributed by atoms with E-state index < -0.39 is 16.0 Å². The molecule has 122 valence electrons. The van der Waals surface area contributed by atoms with Gasteiger partial charge < -0.3 is 4.74 Å². The van der Waals surface area contributed by atoms with E-state index in [0.717, 1.165) is 5.56 Å². The van der Waals surface area contributed by atoms with Crippen LogP contribution in [0.25, 0.3) is 0 Å². The van der Waals surface area contributed by atoms with Crippen molar-refractivity contribution in [2.45, 2.75) is 18.2 Å². The summed E-state index contributed by atoms with van der Waals surface area (Å²) in [5.74, 6) is -0.494. The lowest BCUT2D eigenvalue weighted by Gasteiger charge is -2.07. The number of hydrogen-bond donors (Lipinski definition) is 1. The Morgan fingerprint density at radius 2 is 1.96 bits per heavy atom. The zero-order valence-electron chi connectivity index (χ0n) is 12.6. The van der Waals surface area contributed by atoms with Crippen molar-refractivity contribution in [1.29, 1.82) is 0 Å². The van der Waals surface area contributed by atoms with Crippen LogP contribution in [-0.2, 0) is 19.6 Å². The van der Waals surface area contributed by atoms with Crippen molar-refractivity contribution in [2.75, 3.05) is 7.11 Å². The molecule has 0 atom stereocenters. The molecule has 0 bridgehead atoms. The second kappa shape index (κ2) is 7.38. The van der Waals surface area contributed by atoms with E-state index in [-0.39, 0.29) is 11.3 Å². The van der Waals surface area contributed by atoms with Crippen LogP contribution in [0.3, 0.4) is 0 Å². The third-order valence-corrected chi connectivity index (χ3v) is 5.12. The quantitative estimate of drug-likeness (QED) is 0.491. The number of hydrazone groups is 1. The van der Waals surface area contributed by atoms with Gasteiger partial charge in [-0.05, 0) is 30.5 Å². The van der Waals surface area contributed by atoms with E-state index in [9.17, 15) is 13.2 Å². The Morgan fingerprint density at radius 1 is 1.26 bits per heavy atom. The van der Waals surface area contributed by atoms with Gasteiger partial charge in [-0.1, -0.05) is 23.8 Å². The minimum Gasteiger partial charge on any atom is -0.469 e. The molecular formula is C15H16N2O4S2. The van der Waals surface area contributed by atoms with E-state index in [1.807, 2.05) is 12.3 Å². The van der Waals surface area contributed by atoms with E-state index in [4.69, 9.17) is 0 Å². The topological polar surface area (TPSA) is 84.8 Å². The van der Waals surface area contributed by atoms with E-state index in [0.29, 0.717) is 10.6 Å². The van der Waals surface area contributed by atoms with Gasteiger partial charge in [-0.2, -0.15) is 18.4 Å². The highest BCUT2D eigenvalue weighted by atomic mass is 32.2. The molecule has 0 fully saturated rings. The lowest BCUT2D eigenvalue weighted by Crippen LogP contribution is -2.21. The molecule has 23 heavy (non-hydrogen) atoms. The maximum atomic E-state index is 12.2. The number of methoxy groups -OCH3 is 1. The predicted octanol–water partition coefficient (Wildman–Crippen LogP) is 2.30. The fraction of sp³-hybridized carbons (Fsp3) is 0.200. The molecule has 1 heterocycles. The van der Waals surface area contributed by atoms with Gasteiger partial charge in [0, 0.05) is 0 Å². The fourth-order valence-corrected chi connectivity index (χ4v) is 3.26. The summed E-state index contributed by atoms with van der Waals surface area (Å²) in [6.07, 6.45) is -0.118. The summed E-state index contributed by atoms with van der Waals surface area (Å²) >= 11 is 1.36. The summed E-state index contributed by atoms with van der Waals surface area (Å²) in [6.45, 7) is 1.87. The molecule has 2 rings (SSSR count). The van der Waals surface area contributed by atoms with Crippen LogP contribution in [0, 0.1) is 6.92 Å². The summed E-state index contributed by atoms with van der Waals surface area (Å²) in [5, 5.41) is 5.73. The Hall–Kier alpha value is -2.19. The number of aryl methyl sites for hydroxylation is 1. The van der Waals surface area contributed by atoms with Gasteiger partial charge in [-0.25, -0.2) is 0 Å². The van der Waals surface area contributed by atoms with Gasteiger partial charge in [0.15, 0.2) is 0 Å². The van der Waals surface area contributed by atoms with Crippen molar-refractivity contribution in [2.24, 2.45) is 5.10 Å². The molecule has 0 aliphatic heterocycles. The molecule has 2 aromatic rings. The Labute approximate surface area is 138 Å². The number of carbonyl (C=O) groups excluding carboxylic acids is 1. The van der Waals surface area contributed by atoms with Gasteiger partial charge in [-0.15, -0.1) is 11.3 Å². The van der Waals surface area contributed by atoms with E-state index in [1.165, 1.54) is 30.6 Å². The Bertz CT molecular complexity index is 795. The average molecular weight is 352 g/mol. The first-order valence-electron chi connectivity index (χ1n) is 6.68. The molecule has 1 aromatic carbocycles. The molecule has 0 aliphatic carbocycles. The van der Waals surface area contributed by atoms with Crippen LogP contribution in [0.1, 0.15) is 16.9 Å². The Kier molecular flexibility index (Phi) is 5.51. The first-order valence-corrected chi connectivity index (χ1v) is 9.04. The van der Waals surface area contributed by atoms with E-state index >= 15 is 0 Å². The first-order chi connectivity index (χ1) is 10.9. The number of sulfonamides is 1. The number of ether oxygens (including phenoxy) is 1. The van der Waals surface area contributed by atoms with Gasteiger partial charge in [-0.3, -0.25) is 4.79 Å². The molecule has 0 saturated carbocycles. The lowest BCUT2D eigenvalue weighted by molar-refractivity contribution is -0.139. The summed E-state index contributed by atoms with van der Waals surface area (Å²) in [6, 6.07) is 9.95. The molecular weight excluding hydrogens is 336 g/mol. The summed E-state index contributed by atoms with van der Waals surface area (Å²) in [7, 11) is -2.52. The second-order valence-corrected chi connectivity index (χ2v) is 7.31. The molecule has 0 unspecified atom stereocenters. The van der Waals surface area contributed by atoms with Crippen molar-refractivity contribution < 1.29 is 17.9 Å². The van der Waals surface area contributed by atoms with Crippen molar-refractivity contribution in [3.8, 4) is 0 Å². The average Bonchev–Trinajstić information content (AvgIpc) is 3.06. The van der Waals surface area contributed by atoms with Gasteiger partial charge in [0.25, 0.3) is 10.0 Å². The zero-order chi connectivity index (χ0) is 16.9. The molecule has 0 aliphatic rings. The van der Waals surface area contributed by atoms with Crippen LogP contribution in [0.4, 0.5) is 0 Å². The Morgan fingerprint density at radius 3 is 2.52 bits per heavy atom. The SMILES string of the molecule is COC(=O)C/C(=N/NS(=O)(=O)c1ccc(C)cc1)c1cccs1. The smallest absolute Gasteiger partial charge is 0.311 e. The molecule has 0 saturated heterocycles. The minimum atomic E-state index is -3.79. The van der Waals surface area contributed by atoms with Crippen LogP contribution in [0.5, 0.6) is 0 Å². The van der Waals surface area contributed by atoms with Crippen molar-refractivity contribution in [3.63, 3.8) is 0 Å². The summed E-state index contributed by atoms with van der Waals surface area (Å²) in [5.41, 5.74) is 1.26. The van der Waals surface area contributed by atoms with Crippen LogP contribution in [0.15, 0.2) is 51.8 Å². The van der Waals surface area contributed by atoms with Gasteiger partial charge in [0.2, 0.25) is 0 Å². The molecule has 0 spiro atoms. The molecule has 1 aromatic heterocycles. The third kappa shape index (κ3) is 4.64. The molecule has 6 nitrogen and oxygen atoms in total. The third-order valence-electron chi connectivity index (χ3n) is 2.98. The van der Waals surface area contributed by atoms with Gasteiger partial charge in [0.05, 0.1) is 29.0 Å². The highest BCUT2D eigenvalue weighted by Crippen LogP contribution is 2.14. The van der Waals surface area contributed by atoms with Crippen LogP contribution in [0.2, 0.25) is 0 Å².